The minimum atomic E-state index is -1.17. The zero-order valence-electron chi connectivity index (χ0n) is 15.5. The van der Waals surface area contributed by atoms with Gasteiger partial charge >= 0.3 is 12.0 Å². The molecule has 3 amide bonds. The number of urea groups is 1. The Morgan fingerprint density at radius 2 is 1.65 bits per heavy atom. The van der Waals surface area contributed by atoms with Gasteiger partial charge in [-0.05, 0) is 58.9 Å². The van der Waals surface area contributed by atoms with E-state index in [0.717, 1.165) is 0 Å². The van der Waals surface area contributed by atoms with Crippen molar-refractivity contribution in [2.75, 3.05) is 0 Å². The van der Waals surface area contributed by atoms with Crippen LogP contribution < -0.4 is 15.4 Å². The number of imide groups is 1. The Kier molecular flexibility index (Phi) is 7.14. The van der Waals surface area contributed by atoms with E-state index >= 15 is 0 Å². The first-order chi connectivity index (χ1) is 12.0. The molecule has 26 heavy (non-hydrogen) atoms. The average molecular weight is 361 g/mol. The SMILES string of the molecule is C[C@H](OC(=O)[C@H](C)Oc1ccc(C#N)cc1)C(=O)NC(=O)NC(C)(C)C. The van der Waals surface area contributed by atoms with Crippen molar-refractivity contribution in [2.24, 2.45) is 0 Å². The lowest BCUT2D eigenvalue weighted by molar-refractivity contribution is -0.160. The predicted molar refractivity (Wildman–Crippen MR) is 93.2 cm³/mol. The van der Waals surface area contributed by atoms with Crippen LogP contribution in [0.25, 0.3) is 0 Å². The monoisotopic (exact) mass is 361 g/mol. The maximum absolute atomic E-state index is 12.0. The largest absolute Gasteiger partial charge is 0.479 e. The number of nitrogens with zero attached hydrogens (tertiary/aromatic N) is 1. The van der Waals surface area contributed by atoms with Gasteiger partial charge in [-0.3, -0.25) is 10.1 Å². The smallest absolute Gasteiger partial charge is 0.347 e. The zero-order valence-corrected chi connectivity index (χ0v) is 15.5. The molecule has 0 aliphatic heterocycles. The fourth-order valence-electron chi connectivity index (χ4n) is 1.77. The van der Waals surface area contributed by atoms with Gasteiger partial charge in [0.1, 0.15) is 5.75 Å². The van der Waals surface area contributed by atoms with Gasteiger partial charge in [0.05, 0.1) is 11.6 Å². The van der Waals surface area contributed by atoms with Gasteiger partial charge in [0.25, 0.3) is 5.91 Å². The molecule has 0 radical (unpaired) electrons. The van der Waals surface area contributed by atoms with Crippen molar-refractivity contribution in [2.45, 2.75) is 52.4 Å². The molecule has 0 aliphatic carbocycles. The summed E-state index contributed by atoms with van der Waals surface area (Å²) >= 11 is 0. The van der Waals surface area contributed by atoms with Crippen LogP contribution in [0.2, 0.25) is 0 Å². The van der Waals surface area contributed by atoms with Gasteiger partial charge in [0.2, 0.25) is 0 Å². The van der Waals surface area contributed by atoms with E-state index in [1.165, 1.54) is 13.8 Å². The second-order valence-corrected chi connectivity index (χ2v) is 6.67. The summed E-state index contributed by atoms with van der Waals surface area (Å²) in [6.45, 7) is 8.12. The number of rotatable bonds is 5. The van der Waals surface area contributed by atoms with Crippen molar-refractivity contribution in [3.63, 3.8) is 0 Å². The third-order valence-electron chi connectivity index (χ3n) is 3.02. The lowest BCUT2D eigenvalue weighted by atomic mass is 10.1. The molecule has 8 heteroatoms. The highest BCUT2D eigenvalue weighted by molar-refractivity contribution is 5.97. The molecule has 8 nitrogen and oxygen atoms in total. The summed E-state index contributed by atoms with van der Waals surface area (Å²) < 4.78 is 10.4. The average Bonchev–Trinajstić information content (AvgIpc) is 2.53. The van der Waals surface area contributed by atoms with E-state index in [9.17, 15) is 14.4 Å². The normalized spacial score (nSPS) is 12.9. The Morgan fingerprint density at radius 3 is 2.15 bits per heavy atom. The Hall–Kier alpha value is -3.08. The summed E-state index contributed by atoms with van der Waals surface area (Å²) in [6.07, 6.45) is -2.14. The molecular weight excluding hydrogens is 338 g/mol. The van der Waals surface area contributed by atoms with E-state index in [-0.39, 0.29) is 0 Å². The lowest BCUT2D eigenvalue weighted by Crippen LogP contribution is -2.51. The predicted octanol–water partition coefficient (Wildman–Crippen LogP) is 1.88. The maximum Gasteiger partial charge on any atom is 0.347 e. The topological polar surface area (TPSA) is 118 Å². The van der Waals surface area contributed by atoms with Crippen LogP contribution in [0.5, 0.6) is 5.75 Å². The van der Waals surface area contributed by atoms with Gasteiger partial charge in [-0.15, -0.1) is 0 Å². The second kappa shape index (κ2) is 8.85. The molecule has 0 heterocycles. The molecule has 0 saturated carbocycles. The highest BCUT2D eigenvalue weighted by Crippen LogP contribution is 2.14. The molecule has 2 N–H and O–H groups in total. The number of nitrogens with one attached hydrogen (secondary N) is 2. The fraction of sp³-hybridized carbons (Fsp3) is 0.444. The third kappa shape index (κ3) is 7.21. The van der Waals surface area contributed by atoms with Crippen LogP contribution in [0.15, 0.2) is 24.3 Å². The van der Waals surface area contributed by atoms with Crippen LogP contribution in [0.1, 0.15) is 40.2 Å². The van der Waals surface area contributed by atoms with Crippen LogP contribution in [-0.2, 0) is 14.3 Å². The molecule has 0 aliphatic rings. The fourth-order valence-corrected chi connectivity index (χ4v) is 1.77. The molecule has 0 unspecified atom stereocenters. The summed E-state index contributed by atoms with van der Waals surface area (Å²) in [7, 11) is 0. The van der Waals surface area contributed by atoms with Crippen LogP contribution >= 0.6 is 0 Å². The number of ether oxygens (including phenoxy) is 2. The van der Waals surface area contributed by atoms with Crippen LogP contribution in [0.4, 0.5) is 4.79 Å². The van der Waals surface area contributed by atoms with Crippen molar-refractivity contribution in [1.29, 1.82) is 5.26 Å². The molecule has 0 saturated heterocycles. The van der Waals surface area contributed by atoms with Gasteiger partial charge in [-0.2, -0.15) is 5.26 Å². The Balaban J connectivity index is 2.52. The summed E-state index contributed by atoms with van der Waals surface area (Å²) in [5.74, 6) is -1.12. The summed E-state index contributed by atoms with van der Waals surface area (Å²) in [6, 6.07) is 7.51. The van der Waals surface area contributed by atoms with Crippen molar-refractivity contribution in [1.82, 2.24) is 10.6 Å². The minimum absolute atomic E-state index is 0.384. The number of carbonyl (C=O) groups is 3. The van der Waals surface area contributed by atoms with E-state index in [4.69, 9.17) is 14.7 Å². The molecular formula is C18H23N3O5. The molecule has 1 rings (SSSR count). The third-order valence-corrected chi connectivity index (χ3v) is 3.02. The van der Waals surface area contributed by atoms with Crippen LogP contribution in [-0.4, -0.2) is 35.7 Å². The Bertz CT molecular complexity index is 701. The minimum Gasteiger partial charge on any atom is -0.479 e. The molecule has 1 aromatic rings. The molecule has 0 fully saturated rings. The van der Waals surface area contributed by atoms with Gasteiger partial charge in [0, 0.05) is 5.54 Å². The number of hydrogen-bond donors (Lipinski definition) is 2. The number of carbonyl (C=O) groups excluding carboxylic acids is 3. The first-order valence-electron chi connectivity index (χ1n) is 8.02. The molecule has 1 aromatic carbocycles. The number of nitriles is 1. The summed E-state index contributed by atoms with van der Waals surface area (Å²) in [4.78, 5) is 35.6. The van der Waals surface area contributed by atoms with E-state index in [0.29, 0.717) is 11.3 Å². The maximum atomic E-state index is 12.0. The molecule has 0 bridgehead atoms. The van der Waals surface area contributed by atoms with Gasteiger partial charge in [0.15, 0.2) is 12.2 Å². The van der Waals surface area contributed by atoms with Crippen LogP contribution in [0.3, 0.4) is 0 Å². The van der Waals surface area contributed by atoms with Crippen molar-refractivity contribution in [3.8, 4) is 11.8 Å². The summed E-state index contributed by atoms with van der Waals surface area (Å²) in [5, 5.41) is 13.4. The molecule has 0 spiro atoms. The molecule has 2 atom stereocenters. The zero-order chi connectivity index (χ0) is 19.9. The van der Waals surface area contributed by atoms with Crippen molar-refractivity contribution in [3.05, 3.63) is 29.8 Å². The number of amides is 3. The quantitative estimate of drug-likeness (QED) is 0.773. The first kappa shape index (κ1) is 21.0. The van der Waals surface area contributed by atoms with E-state index in [1.807, 2.05) is 6.07 Å². The Labute approximate surface area is 152 Å². The number of hydrogen-bond acceptors (Lipinski definition) is 6. The van der Waals surface area contributed by atoms with Gasteiger partial charge in [-0.25, -0.2) is 9.59 Å². The molecule has 140 valence electrons. The van der Waals surface area contributed by atoms with Gasteiger partial charge in [-0.1, -0.05) is 0 Å². The van der Waals surface area contributed by atoms with E-state index < -0.39 is 35.7 Å². The second-order valence-electron chi connectivity index (χ2n) is 6.67. The standard InChI is InChI=1S/C18H23N3O5/c1-11(15(22)20-17(24)21-18(3,4)5)26-16(23)12(2)25-14-8-6-13(10-19)7-9-14/h6-9,11-12H,1-5H3,(H2,20,21,22,24)/t11-,12-/m0/s1. The van der Waals surface area contributed by atoms with E-state index in [1.54, 1.807) is 45.0 Å². The highest BCUT2D eigenvalue weighted by Gasteiger charge is 2.25. The molecule has 0 aromatic heterocycles. The highest BCUT2D eigenvalue weighted by atomic mass is 16.6. The van der Waals surface area contributed by atoms with Crippen molar-refractivity contribution >= 4 is 17.9 Å². The Morgan fingerprint density at radius 1 is 1.08 bits per heavy atom. The van der Waals surface area contributed by atoms with Crippen molar-refractivity contribution < 1.29 is 23.9 Å². The van der Waals surface area contributed by atoms with Crippen LogP contribution in [0, 0.1) is 11.3 Å². The number of esters is 1. The lowest BCUT2D eigenvalue weighted by Gasteiger charge is -2.21. The summed E-state index contributed by atoms with van der Waals surface area (Å²) in [5.41, 5.74) is -0.0420. The number of benzene rings is 1. The first-order valence-corrected chi connectivity index (χ1v) is 8.02. The van der Waals surface area contributed by atoms with Gasteiger partial charge < -0.3 is 14.8 Å². The van der Waals surface area contributed by atoms with E-state index in [2.05, 4.69) is 10.6 Å².